The Hall–Kier alpha value is -1.06. The van der Waals surface area contributed by atoms with Gasteiger partial charge in [-0.05, 0) is 26.7 Å². The fraction of sp³-hybridized carbons (Fsp3) is 0.875. The predicted molar refractivity (Wildman–Crippen MR) is 79.3 cm³/mol. The molecule has 0 aliphatic rings. The van der Waals surface area contributed by atoms with Crippen LogP contribution in [0.2, 0.25) is 0 Å². The van der Waals surface area contributed by atoms with Crippen molar-refractivity contribution in [2.24, 2.45) is 11.8 Å². The van der Waals surface area contributed by atoms with Gasteiger partial charge >= 0.3 is 11.9 Å². The van der Waals surface area contributed by atoms with Gasteiger partial charge in [0.15, 0.2) is 0 Å². The first kappa shape index (κ1) is 18.9. The van der Waals surface area contributed by atoms with Crippen LogP contribution in [0.15, 0.2) is 0 Å². The van der Waals surface area contributed by atoms with Gasteiger partial charge in [-0.1, -0.05) is 40.5 Å². The number of rotatable bonds is 9. The molecular weight excluding hydrogens is 256 g/mol. The fourth-order valence-electron chi connectivity index (χ4n) is 1.89. The molecular formula is C16H30O4. The zero-order valence-electron chi connectivity index (χ0n) is 13.8. The molecule has 0 saturated carbocycles. The summed E-state index contributed by atoms with van der Waals surface area (Å²) in [4.78, 5) is 23.6. The average Bonchev–Trinajstić information content (AvgIpc) is 2.38. The van der Waals surface area contributed by atoms with Crippen LogP contribution in [0, 0.1) is 11.8 Å². The lowest BCUT2D eigenvalue weighted by Crippen LogP contribution is -2.33. The minimum atomic E-state index is -0.417. The van der Waals surface area contributed by atoms with E-state index in [1.165, 1.54) is 0 Å². The van der Waals surface area contributed by atoms with Crippen LogP contribution in [-0.2, 0) is 19.1 Å². The van der Waals surface area contributed by atoms with Crippen molar-refractivity contribution < 1.29 is 19.1 Å². The molecule has 0 spiro atoms. The summed E-state index contributed by atoms with van der Waals surface area (Å²) in [5, 5.41) is 0. The van der Waals surface area contributed by atoms with E-state index in [-0.39, 0.29) is 23.8 Å². The zero-order chi connectivity index (χ0) is 15.7. The lowest BCUT2D eigenvalue weighted by Gasteiger charge is -2.23. The molecule has 0 heterocycles. The number of carbonyl (C=O) groups is 2. The quantitative estimate of drug-likeness (QED) is 0.606. The summed E-state index contributed by atoms with van der Waals surface area (Å²) in [6, 6.07) is 0. The molecule has 0 aliphatic carbocycles. The van der Waals surface area contributed by atoms with Crippen molar-refractivity contribution in [1.82, 2.24) is 0 Å². The van der Waals surface area contributed by atoms with E-state index in [9.17, 15) is 9.59 Å². The number of hydrogen-bond acceptors (Lipinski definition) is 4. The monoisotopic (exact) mass is 286 g/mol. The van der Waals surface area contributed by atoms with Gasteiger partial charge in [0.2, 0.25) is 0 Å². The average molecular weight is 286 g/mol. The van der Waals surface area contributed by atoms with Gasteiger partial charge in [-0.15, -0.1) is 0 Å². The molecule has 0 N–H and O–H groups in total. The van der Waals surface area contributed by atoms with Crippen molar-refractivity contribution in [3.63, 3.8) is 0 Å². The molecule has 4 unspecified atom stereocenters. The van der Waals surface area contributed by atoms with Crippen molar-refractivity contribution in [2.45, 2.75) is 79.4 Å². The minimum absolute atomic E-state index is 0.107. The van der Waals surface area contributed by atoms with E-state index >= 15 is 0 Å². The van der Waals surface area contributed by atoms with Crippen LogP contribution in [0.1, 0.15) is 67.2 Å². The van der Waals surface area contributed by atoms with Gasteiger partial charge in [-0.2, -0.15) is 0 Å². The highest BCUT2D eigenvalue weighted by molar-refractivity contribution is 5.73. The first-order valence-electron chi connectivity index (χ1n) is 7.74. The van der Waals surface area contributed by atoms with Crippen molar-refractivity contribution in [2.75, 3.05) is 0 Å². The summed E-state index contributed by atoms with van der Waals surface area (Å²) >= 11 is 0. The summed E-state index contributed by atoms with van der Waals surface area (Å²) in [7, 11) is 0. The number of carbonyl (C=O) groups excluding carboxylic acids is 2. The Labute approximate surface area is 123 Å². The van der Waals surface area contributed by atoms with E-state index in [0.29, 0.717) is 0 Å². The SMILES string of the molecule is CCCC(C)C(=O)OC(C)C(C)OC(=O)C(C)CCC. The Morgan fingerprint density at radius 2 is 1.05 bits per heavy atom. The molecule has 0 amide bonds. The van der Waals surface area contributed by atoms with Crippen molar-refractivity contribution in [3.05, 3.63) is 0 Å². The molecule has 118 valence electrons. The van der Waals surface area contributed by atoms with Crippen molar-refractivity contribution >= 4 is 11.9 Å². The molecule has 0 radical (unpaired) electrons. The molecule has 0 aromatic carbocycles. The van der Waals surface area contributed by atoms with E-state index in [2.05, 4.69) is 0 Å². The smallest absolute Gasteiger partial charge is 0.309 e. The van der Waals surface area contributed by atoms with Crippen LogP contribution in [0.5, 0.6) is 0 Å². The van der Waals surface area contributed by atoms with Gasteiger partial charge in [-0.25, -0.2) is 0 Å². The van der Waals surface area contributed by atoms with Crippen LogP contribution < -0.4 is 0 Å². The lowest BCUT2D eigenvalue weighted by molar-refractivity contribution is -0.170. The molecule has 0 aliphatic heterocycles. The maximum absolute atomic E-state index is 11.8. The lowest BCUT2D eigenvalue weighted by atomic mass is 10.1. The highest BCUT2D eigenvalue weighted by Crippen LogP contribution is 2.14. The first-order valence-corrected chi connectivity index (χ1v) is 7.74. The van der Waals surface area contributed by atoms with E-state index in [1.807, 2.05) is 27.7 Å². The third kappa shape index (κ3) is 6.92. The van der Waals surface area contributed by atoms with Crippen LogP contribution in [0.25, 0.3) is 0 Å². The summed E-state index contributed by atoms with van der Waals surface area (Å²) in [6.07, 6.45) is 2.69. The number of hydrogen-bond donors (Lipinski definition) is 0. The molecule has 0 saturated heterocycles. The Kier molecular flexibility index (Phi) is 9.26. The molecule has 0 aromatic heterocycles. The first-order chi connectivity index (χ1) is 9.33. The molecule has 4 nitrogen and oxygen atoms in total. The summed E-state index contributed by atoms with van der Waals surface area (Å²) < 4.78 is 10.7. The third-order valence-electron chi connectivity index (χ3n) is 3.51. The summed E-state index contributed by atoms with van der Waals surface area (Å²) in [5.74, 6) is -0.651. The Morgan fingerprint density at radius 3 is 1.30 bits per heavy atom. The van der Waals surface area contributed by atoms with Gasteiger partial charge in [0.25, 0.3) is 0 Å². The van der Waals surface area contributed by atoms with E-state index < -0.39 is 12.2 Å². The molecule has 0 fully saturated rings. The number of ether oxygens (including phenoxy) is 2. The van der Waals surface area contributed by atoms with E-state index in [1.54, 1.807) is 13.8 Å². The molecule has 0 bridgehead atoms. The maximum atomic E-state index is 11.8. The number of esters is 2. The second-order valence-electron chi connectivity index (χ2n) is 5.66. The van der Waals surface area contributed by atoms with Gasteiger partial charge in [-0.3, -0.25) is 9.59 Å². The Bertz CT molecular complexity index is 271. The summed E-state index contributed by atoms with van der Waals surface area (Å²) in [5.41, 5.74) is 0. The molecule has 4 heteroatoms. The Balaban J connectivity index is 4.24. The molecule has 4 atom stereocenters. The largest absolute Gasteiger partial charge is 0.459 e. The van der Waals surface area contributed by atoms with Crippen molar-refractivity contribution in [1.29, 1.82) is 0 Å². The van der Waals surface area contributed by atoms with Crippen molar-refractivity contribution in [3.8, 4) is 0 Å². The normalized spacial score (nSPS) is 16.9. The van der Waals surface area contributed by atoms with Gasteiger partial charge < -0.3 is 9.47 Å². The van der Waals surface area contributed by atoms with Crippen LogP contribution in [0.4, 0.5) is 0 Å². The van der Waals surface area contributed by atoms with Gasteiger partial charge in [0.1, 0.15) is 12.2 Å². The third-order valence-corrected chi connectivity index (χ3v) is 3.51. The molecule has 0 aromatic rings. The minimum Gasteiger partial charge on any atom is -0.459 e. The van der Waals surface area contributed by atoms with Crippen LogP contribution in [-0.4, -0.2) is 24.1 Å². The maximum Gasteiger partial charge on any atom is 0.309 e. The highest BCUT2D eigenvalue weighted by atomic mass is 16.6. The fourth-order valence-corrected chi connectivity index (χ4v) is 1.89. The van der Waals surface area contributed by atoms with E-state index in [4.69, 9.17) is 9.47 Å². The molecule has 20 heavy (non-hydrogen) atoms. The van der Waals surface area contributed by atoms with E-state index in [0.717, 1.165) is 25.7 Å². The molecule has 0 rings (SSSR count). The zero-order valence-corrected chi connectivity index (χ0v) is 13.8. The second-order valence-corrected chi connectivity index (χ2v) is 5.66. The standard InChI is InChI=1S/C16H30O4/c1-7-9-11(3)15(17)19-13(5)14(6)20-16(18)12(4)10-8-2/h11-14H,7-10H2,1-6H3. The van der Waals surface area contributed by atoms with Crippen LogP contribution in [0.3, 0.4) is 0 Å². The van der Waals surface area contributed by atoms with Gasteiger partial charge in [0, 0.05) is 0 Å². The highest BCUT2D eigenvalue weighted by Gasteiger charge is 2.24. The van der Waals surface area contributed by atoms with Gasteiger partial charge in [0.05, 0.1) is 11.8 Å². The Morgan fingerprint density at radius 1 is 0.750 bits per heavy atom. The second kappa shape index (κ2) is 9.78. The summed E-state index contributed by atoms with van der Waals surface area (Å²) in [6.45, 7) is 11.3. The topological polar surface area (TPSA) is 52.6 Å². The predicted octanol–water partition coefficient (Wildman–Crippen LogP) is 3.72. The van der Waals surface area contributed by atoms with Crippen LogP contribution >= 0.6 is 0 Å².